The van der Waals surface area contributed by atoms with Crippen LogP contribution in [0.1, 0.15) is 39.0 Å². The predicted octanol–water partition coefficient (Wildman–Crippen LogP) is 3.51. The zero-order valence-corrected chi connectivity index (χ0v) is 16.0. The molecule has 27 heavy (non-hydrogen) atoms. The zero-order valence-electron chi connectivity index (χ0n) is 16.0. The van der Waals surface area contributed by atoms with Crippen molar-refractivity contribution in [2.45, 2.75) is 51.9 Å². The van der Waals surface area contributed by atoms with E-state index in [0.29, 0.717) is 44.1 Å². The molecule has 1 saturated heterocycles. The van der Waals surface area contributed by atoms with Gasteiger partial charge in [0.1, 0.15) is 17.1 Å². The van der Waals surface area contributed by atoms with E-state index in [2.05, 4.69) is 10.3 Å². The summed E-state index contributed by atoms with van der Waals surface area (Å²) in [6.45, 7) is 9.13. The van der Waals surface area contributed by atoms with E-state index in [9.17, 15) is 18.0 Å². The van der Waals surface area contributed by atoms with Crippen LogP contribution in [0.5, 0.6) is 0 Å². The molecule has 1 amide bonds. The number of amides is 1. The van der Waals surface area contributed by atoms with Crippen LogP contribution in [0, 0.1) is 0 Å². The summed E-state index contributed by atoms with van der Waals surface area (Å²) >= 11 is 0. The molecule has 0 aliphatic carbocycles. The Morgan fingerprint density at radius 1 is 1.30 bits per heavy atom. The van der Waals surface area contributed by atoms with Crippen LogP contribution in [0.15, 0.2) is 6.07 Å². The first-order chi connectivity index (χ1) is 12.5. The number of piperazine rings is 1. The van der Waals surface area contributed by atoms with Crippen LogP contribution in [-0.4, -0.2) is 53.8 Å². The number of alkyl halides is 3. The van der Waals surface area contributed by atoms with E-state index in [1.54, 1.807) is 25.7 Å². The molecule has 1 atom stereocenters. The topological polar surface area (TPSA) is 57.7 Å². The number of fused-ring (bicyclic) bond motifs is 1. The summed E-state index contributed by atoms with van der Waals surface area (Å²) < 4.78 is 45.1. The highest BCUT2D eigenvalue weighted by molar-refractivity contribution is 5.70. The summed E-state index contributed by atoms with van der Waals surface area (Å²) in [6.07, 6.45) is -4.26. The first-order valence-electron chi connectivity index (χ1n) is 9.05. The van der Waals surface area contributed by atoms with Gasteiger partial charge in [-0.05, 0) is 40.2 Å². The maximum Gasteiger partial charge on any atom is 0.433 e. The van der Waals surface area contributed by atoms with E-state index in [4.69, 9.17) is 4.74 Å². The molecule has 0 unspecified atom stereocenters. The Hall–Kier alpha value is -2.19. The second kappa shape index (κ2) is 6.76. The first-order valence-corrected chi connectivity index (χ1v) is 9.05. The Bertz CT molecular complexity index is 731. The van der Waals surface area contributed by atoms with Crippen molar-refractivity contribution >= 4 is 17.6 Å². The van der Waals surface area contributed by atoms with E-state index < -0.39 is 23.6 Å². The Morgan fingerprint density at radius 2 is 2.00 bits per heavy atom. The number of nitrogens with zero attached hydrogens (tertiary/aromatic N) is 3. The van der Waals surface area contributed by atoms with Gasteiger partial charge in [-0.15, -0.1) is 0 Å². The highest BCUT2D eigenvalue weighted by atomic mass is 19.4. The molecule has 0 aromatic carbocycles. The van der Waals surface area contributed by atoms with Crippen molar-refractivity contribution in [3.05, 3.63) is 17.3 Å². The van der Waals surface area contributed by atoms with Crippen molar-refractivity contribution in [1.29, 1.82) is 0 Å². The van der Waals surface area contributed by atoms with Gasteiger partial charge in [0.15, 0.2) is 0 Å². The molecule has 3 rings (SSSR count). The molecule has 0 spiro atoms. The van der Waals surface area contributed by atoms with E-state index >= 15 is 0 Å². The van der Waals surface area contributed by atoms with Gasteiger partial charge in [-0.3, -0.25) is 0 Å². The fourth-order valence-electron chi connectivity index (χ4n) is 3.45. The van der Waals surface area contributed by atoms with Gasteiger partial charge >= 0.3 is 12.3 Å². The molecule has 0 bridgehead atoms. The van der Waals surface area contributed by atoms with Gasteiger partial charge in [-0.2, -0.15) is 13.2 Å². The fraction of sp³-hybridized carbons (Fsp3) is 0.667. The molecular formula is C18H25F3N4O2. The number of halogens is 3. The van der Waals surface area contributed by atoms with E-state index in [1.165, 1.54) is 0 Å². The third-order valence-corrected chi connectivity index (χ3v) is 4.65. The van der Waals surface area contributed by atoms with Crippen molar-refractivity contribution < 1.29 is 22.7 Å². The lowest BCUT2D eigenvalue weighted by Gasteiger charge is -2.41. The SMILES string of the molecule is C[C@H]1CN(c2cc(C(F)(F)F)nc3c2CCN3)CCN1C(=O)OC(C)(C)C. The molecule has 2 aliphatic heterocycles. The monoisotopic (exact) mass is 386 g/mol. The average Bonchev–Trinajstić information content (AvgIpc) is 2.99. The number of aromatic nitrogens is 1. The molecule has 2 aliphatic rings. The number of hydrogen-bond acceptors (Lipinski definition) is 5. The number of carbonyl (C=O) groups is 1. The van der Waals surface area contributed by atoms with Crippen LogP contribution in [-0.2, 0) is 17.3 Å². The van der Waals surface area contributed by atoms with Gasteiger partial charge in [0, 0.05) is 43.5 Å². The van der Waals surface area contributed by atoms with E-state index in [0.717, 1.165) is 11.6 Å². The van der Waals surface area contributed by atoms with Crippen molar-refractivity contribution in [2.24, 2.45) is 0 Å². The summed E-state index contributed by atoms with van der Waals surface area (Å²) in [4.78, 5) is 19.6. The average molecular weight is 386 g/mol. The minimum atomic E-state index is -4.50. The van der Waals surface area contributed by atoms with Crippen LogP contribution >= 0.6 is 0 Å². The summed E-state index contributed by atoms with van der Waals surface area (Å²) in [5.41, 5.74) is -0.130. The molecule has 0 radical (unpaired) electrons. The lowest BCUT2D eigenvalue weighted by atomic mass is 10.1. The second-order valence-electron chi connectivity index (χ2n) is 8.00. The van der Waals surface area contributed by atoms with Gasteiger partial charge in [-0.25, -0.2) is 9.78 Å². The standard InChI is InChI=1S/C18H25F3N4O2/c1-11-10-24(7-8-25(11)16(26)27-17(2,3)4)13-9-14(18(19,20)21)23-15-12(13)5-6-22-15/h9,11H,5-8,10H2,1-4H3,(H,22,23)/t11-/m0/s1. The Labute approximate surface area is 156 Å². The second-order valence-corrected chi connectivity index (χ2v) is 8.00. The van der Waals surface area contributed by atoms with Crippen LogP contribution < -0.4 is 10.2 Å². The molecule has 3 heterocycles. The molecule has 150 valence electrons. The van der Waals surface area contributed by atoms with Crippen LogP contribution in [0.2, 0.25) is 0 Å². The first kappa shape index (κ1) is 19.6. The summed E-state index contributed by atoms with van der Waals surface area (Å²) in [5, 5.41) is 2.93. The van der Waals surface area contributed by atoms with Crippen LogP contribution in [0.25, 0.3) is 0 Å². The Morgan fingerprint density at radius 3 is 2.59 bits per heavy atom. The predicted molar refractivity (Wildman–Crippen MR) is 96.0 cm³/mol. The van der Waals surface area contributed by atoms with Crippen LogP contribution in [0.3, 0.4) is 0 Å². The minimum Gasteiger partial charge on any atom is -0.444 e. The largest absolute Gasteiger partial charge is 0.444 e. The van der Waals surface area contributed by atoms with E-state index in [-0.39, 0.29) is 6.04 Å². The molecule has 1 N–H and O–H groups in total. The fourth-order valence-corrected chi connectivity index (χ4v) is 3.45. The number of carbonyl (C=O) groups excluding carboxylic acids is 1. The van der Waals surface area contributed by atoms with Gasteiger partial charge in [0.05, 0.1) is 0 Å². The number of hydrogen-bond donors (Lipinski definition) is 1. The maximum absolute atomic E-state index is 13.2. The normalized spacial score (nSPS) is 20.3. The smallest absolute Gasteiger partial charge is 0.433 e. The molecule has 1 aromatic rings. The number of pyridine rings is 1. The van der Waals surface area contributed by atoms with Gasteiger partial charge in [0.2, 0.25) is 0 Å². The lowest BCUT2D eigenvalue weighted by Crippen LogP contribution is -2.55. The minimum absolute atomic E-state index is 0.180. The van der Waals surface area contributed by atoms with Crippen molar-refractivity contribution in [1.82, 2.24) is 9.88 Å². The zero-order chi connectivity index (χ0) is 20.0. The summed E-state index contributed by atoms with van der Waals surface area (Å²) in [6, 6.07) is 0.947. The third kappa shape index (κ3) is 4.22. The number of anilines is 2. The van der Waals surface area contributed by atoms with Gasteiger partial charge in [-0.1, -0.05) is 0 Å². The van der Waals surface area contributed by atoms with Crippen LogP contribution in [0.4, 0.5) is 29.5 Å². The van der Waals surface area contributed by atoms with E-state index in [1.807, 2.05) is 11.8 Å². The third-order valence-electron chi connectivity index (χ3n) is 4.65. The number of nitrogens with one attached hydrogen (secondary N) is 1. The Kier molecular flexibility index (Phi) is 4.90. The number of ether oxygens (including phenoxy) is 1. The molecule has 0 saturated carbocycles. The number of rotatable bonds is 1. The molecule has 6 nitrogen and oxygen atoms in total. The highest BCUT2D eigenvalue weighted by Gasteiger charge is 2.37. The van der Waals surface area contributed by atoms with Gasteiger partial charge in [0.25, 0.3) is 0 Å². The highest BCUT2D eigenvalue weighted by Crippen LogP contribution is 2.38. The molecule has 9 heteroatoms. The maximum atomic E-state index is 13.2. The molecule has 1 fully saturated rings. The molecular weight excluding hydrogens is 361 g/mol. The molecule has 1 aromatic heterocycles. The quantitative estimate of drug-likeness (QED) is 0.800. The van der Waals surface area contributed by atoms with Crippen molar-refractivity contribution in [2.75, 3.05) is 36.4 Å². The van der Waals surface area contributed by atoms with Crippen molar-refractivity contribution in [3.8, 4) is 0 Å². The lowest BCUT2D eigenvalue weighted by molar-refractivity contribution is -0.141. The summed E-state index contributed by atoms with van der Waals surface area (Å²) in [5.74, 6) is 0.307. The summed E-state index contributed by atoms with van der Waals surface area (Å²) in [7, 11) is 0. The Balaban J connectivity index is 1.81. The van der Waals surface area contributed by atoms with Crippen molar-refractivity contribution in [3.63, 3.8) is 0 Å². The van der Waals surface area contributed by atoms with Gasteiger partial charge < -0.3 is 19.9 Å².